The fourth-order valence-corrected chi connectivity index (χ4v) is 6.84. The summed E-state index contributed by atoms with van der Waals surface area (Å²) < 4.78 is 9.92. The molecule has 0 saturated heterocycles. The van der Waals surface area contributed by atoms with E-state index in [0.717, 1.165) is 47.8 Å². The molecular formula is C18H26O4. The summed E-state index contributed by atoms with van der Waals surface area (Å²) in [5.74, 6) is 6.48. The highest BCUT2D eigenvalue weighted by Crippen LogP contribution is 2.71. The van der Waals surface area contributed by atoms with Crippen LogP contribution in [0.5, 0.6) is 0 Å². The molecule has 9 unspecified atom stereocenters. The molecule has 0 aromatic carbocycles. The van der Waals surface area contributed by atoms with Crippen LogP contribution < -0.4 is 0 Å². The van der Waals surface area contributed by atoms with Gasteiger partial charge in [-0.25, -0.2) is 0 Å². The molecule has 122 valence electrons. The molecule has 4 rings (SSSR count). The molecule has 0 spiro atoms. The molecule has 0 N–H and O–H groups in total. The van der Waals surface area contributed by atoms with Gasteiger partial charge in [-0.15, -0.1) is 0 Å². The number of hydrogen-bond acceptors (Lipinski definition) is 4. The van der Waals surface area contributed by atoms with Crippen molar-refractivity contribution in [3.63, 3.8) is 0 Å². The molecule has 0 radical (unpaired) electrons. The number of carbonyl (C=O) groups excluding carboxylic acids is 2. The molecule has 0 amide bonds. The number of hydrogen-bond donors (Lipinski definition) is 0. The highest BCUT2D eigenvalue weighted by molar-refractivity contribution is 5.73. The van der Waals surface area contributed by atoms with Crippen LogP contribution in [0.1, 0.15) is 33.1 Å². The lowest BCUT2D eigenvalue weighted by atomic mass is 9.62. The van der Waals surface area contributed by atoms with E-state index >= 15 is 0 Å². The Balaban J connectivity index is 1.41. The molecule has 0 aromatic rings. The van der Waals surface area contributed by atoms with Crippen LogP contribution in [0, 0.1) is 53.3 Å². The Labute approximate surface area is 131 Å². The topological polar surface area (TPSA) is 52.6 Å². The van der Waals surface area contributed by atoms with E-state index < -0.39 is 0 Å². The minimum atomic E-state index is -0.0519. The smallest absolute Gasteiger partial charge is 0.309 e. The summed E-state index contributed by atoms with van der Waals surface area (Å²) in [6, 6.07) is 0. The average molecular weight is 306 g/mol. The van der Waals surface area contributed by atoms with Crippen molar-refractivity contribution in [1.82, 2.24) is 0 Å². The Bertz CT molecular complexity index is 476. The fraction of sp³-hybridized carbons (Fsp3) is 0.889. The van der Waals surface area contributed by atoms with Gasteiger partial charge >= 0.3 is 5.97 Å². The Morgan fingerprint density at radius 2 is 1.73 bits per heavy atom. The third-order valence-corrected chi connectivity index (χ3v) is 7.66. The van der Waals surface area contributed by atoms with Crippen molar-refractivity contribution in [3.05, 3.63) is 0 Å². The van der Waals surface area contributed by atoms with E-state index in [-0.39, 0.29) is 25.1 Å². The summed E-state index contributed by atoms with van der Waals surface area (Å²) in [5.41, 5.74) is 0. The number of esters is 1. The van der Waals surface area contributed by atoms with Gasteiger partial charge in [-0.05, 0) is 66.6 Å². The Kier molecular flexibility index (Phi) is 3.46. The van der Waals surface area contributed by atoms with Gasteiger partial charge in [0.05, 0.1) is 5.92 Å². The van der Waals surface area contributed by atoms with Gasteiger partial charge < -0.3 is 9.47 Å². The van der Waals surface area contributed by atoms with Crippen molar-refractivity contribution in [3.8, 4) is 0 Å². The van der Waals surface area contributed by atoms with E-state index in [4.69, 9.17) is 4.74 Å². The van der Waals surface area contributed by atoms with Crippen molar-refractivity contribution >= 4 is 12.4 Å². The molecule has 4 saturated carbocycles. The third-order valence-electron chi connectivity index (χ3n) is 7.66. The van der Waals surface area contributed by atoms with Gasteiger partial charge in [0.15, 0.2) is 0 Å². The van der Waals surface area contributed by atoms with E-state index in [1.165, 1.54) is 12.8 Å². The first-order valence-electron chi connectivity index (χ1n) is 8.85. The van der Waals surface area contributed by atoms with E-state index in [0.29, 0.717) is 12.4 Å². The molecule has 4 nitrogen and oxygen atoms in total. The number of rotatable bonds is 5. The normalized spacial score (nSPS) is 50.9. The molecule has 4 heteroatoms. The fourth-order valence-electron chi connectivity index (χ4n) is 6.84. The number of fused-ring (bicyclic) bond motifs is 9. The van der Waals surface area contributed by atoms with Crippen molar-refractivity contribution in [1.29, 1.82) is 0 Å². The molecule has 0 aliphatic heterocycles. The highest BCUT2D eigenvalue weighted by Gasteiger charge is 2.66. The Hall–Kier alpha value is -1.06. The third kappa shape index (κ3) is 1.88. The van der Waals surface area contributed by atoms with Crippen molar-refractivity contribution < 1.29 is 19.1 Å². The zero-order valence-corrected chi connectivity index (χ0v) is 13.4. The molecule has 0 aromatic heterocycles. The lowest BCUT2D eigenvalue weighted by molar-refractivity contribution is -0.155. The molecular weight excluding hydrogens is 280 g/mol. The van der Waals surface area contributed by atoms with Crippen LogP contribution in [0.2, 0.25) is 0 Å². The summed E-state index contributed by atoms with van der Waals surface area (Å²) in [7, 11) is 0. The quantitative estimate of drug-likeness (QED) is 0.339. The van der Waals surface area contributed by atoms with E-state index in [1.54, 1.807) is 0 Å². The number of ether oxygens (including phenoxy) is 2. The minimum Gasteiger partial charge on any atom is -0.464 e. The maximum absolute atomic E-state index is 12.4. The minimum absolute atomic E-state index is 0.0519. The monoisotopic (exact) mass is 306 g/mol. The summed E-state index contributed by atoms with van der Waals surface area (Å²) >= 11 is 0. The van der Waals surface area contributed by atoms with Crippen molar-refractivity contribution in [2.45, 2.75) is 33.1 Å². The molecule has 9 atom stereocenters. The molecule has 22 heavy (non-hydrogen) atoms. The van der Waals surface area contributed by atoms with E-state index in [9.17, 15) is 9.59 Å². The average Bonchev–Trinajstić information content (AvgIpc) is 3.23. The largest absolute Gasteiger partial charge is 0.464 e. The summed E-state index contributed by atoms with van der Waals surface area (Å²) in [5, 5.41) is 0. The van der Waals surface area contributed by atoms with Crippen LogP contribution in [0.15, 0.2) is 0 Å². The van der Waals surface area contributed by atoms with Gasteiger partial charge in [0.2, 0.25) is 0 Å². The lowest BCUT2D eigenvalue weighted by Gasteiger charge is -2.43. The van der Waals surface area contributed by atoms with E-state index in [2.05, 4.69) is 18.6 Å². The summed E-state index contributed by atoms with van der Waals surface area (Å²) in [6.07, 6.45) is 3.68. The SMILES string of the molecule is CC1C(C)C2CC1C1C3CC(C(=O)OCCOC=O)C(C3)C21. The highest BCUT2D eigenvalue weighted by atomic mass is 16.6. The van der Waals surface area contributed by atoms with Crippen molar-refractivity contribution in [2.24, 2.45) is 53.3 Å². The Morgan fingerprint density at radius 3 is 2.45 bits per heavy atom. The maximum atomic E-state index is 12.4. The Morgan fingerprint density at radius 1 is 1.00 bits per heavy atom. The van der Waals surface area contributed by atoms with Gasteiger partial charge in [-0.2, -0.15) is 0 Å². The first-order valence-corrected chi connectivity index (χ1v) is 8.85. The predicted octanol–water partition coefficient (Wildman–Crippen LogP) is 2.51. The first kappa shape index (κ1) is 14.5. The van der Waals surface area contributed by atoms with E-state index in [1.807, 2.05) is 0 Å². The standard InChI is InChI=1S/C18H26O4/c1-9-10(2)13-7-12(9)16-11-5-14(17(13)16)15(6-11)18(20)22-4-3-21-8-19/h8-17H,3-7H2,1-2H3. The maximum Gasteiger partial charge on any atom is 0.309 e. The van der Waals surface area contributed by atoms with Crippen molar-refractivity contribution in [2.75, 3.05) is 13.2 Å². The number of carbonyl (C=O) groups is 2. The second-order valence-corrected chi connectivity index (χ2v) is 8.07. The summed E-state index contributed by atoms with van der Waals surface area (Å²) in [6.45, 7) is 5.62. The van der Waals surface area contributed by atoms with Crippen LogP contribution >= 0.6 is 0 Å². The van der Waals surface area contributed by atoms with Crippen LogP contribution in [0.25, 0.3) is 0 Å². The van der Waals surface area contributed by atoms with Gasteiger partial charge in [-0.1, -0.05) is 13.8 Å². The lowest BCUT2D eigenvalue weighted by Crippen LogP contribution is -2.41. The molecule has 4 aliphatic rings. The molecule has 4 bridgehead atoms. The van der Waals surface area contributed by atoms with Crippen LogP contribution in [-0.4, -0.2) is 25.7 Å². The molecule has 0 heterocycles. The first-order chi connectivity index (χ1) is 10.6. The van der Waals surface area contributed by atoms with Gasteiger partial charge in [0, 0.05) is 0 Å². The molecule has 4 aliphatic carbocycles. The van der Waals surface area contributed by atoms with Gasteiger partial charge in [-0.3, -0.25) is 9.59 Å². The second-order valence-electron chi connectivity index (χ2n) is 8.07. The zero-order valence-electron chi connectivity index (χ0n) is 13.4. The van der Waals surface area contributed by atoms with Crippen LogP contribution in [-0.2, 0) is 19.1 Å². The van der Waals surface area contributed by atoms with Crippen LogP contribution in [0.3, 0.4) is 0 Å². The zero-order chi connectivity index (χ0) is 15.4. The van der Waals surface area contributed by atoms with Gasteiger partial charge in [0.1, 0.15) is 13.2 Å². The van der Waals surface area contributed by atoms with Gasteiger partial charge in [0.25, 0.3) is 6.47 Å². The summed E-state index contributed by atoms with van der Waals surface area (Å²) in [4.78, 5) is 22.5. The van der Waals surface area contributed by atoms with Crippen LogP contribution in [0.4, 0.5) is 0 Å². The predicted molar refractivity (Wildman–Crippen MR) is 79.6 cm³/mol. The second kappa shape index (κ2) is 5.24. The molecule has 4 fully saturated rings.